The number of halogens is 1. The summed E-state index contributed by atoms with van der Waals surface area (Å²) in [5, 5.41) is 3.15. The van der Waals surface area contributed by atoms with Crippen molar-refractivity contribution >= 4 is 44.7 Å². The Morgan fingerprint density at radius 2 is 1.70 bits per heavy atom. The van der Waals surface area contributed by atoms with E-state index in [1.807, 2.05) is 19.1 Å². The van der Waals surface area contributed by atoms with E-state index in [9.17, 15) is 18.0 Å². The van der Waals surface area contributed by atoms with E-state index >= 15 is 0 Å². The van der Waals surface area contributed by atoms with Gasteiger partial charge in [0.2, 0.25) is 15.9 Å². The normalized spacial score (nSPS) is 11.1. The van der Waals surface area contributed by atoms with Gasteiger partial charge in [-0.2, -0.15) is 0 Å². The van der Waals surface area contributed by atoms with Crippen LogP contribution in [-0.4, -0.2) is 32.9 Å². The van der Waals surface area contributed by atoms with Crippen LogP contribution in [0.2, 0.25) is 5.02 Å². The van der Waals surface area contributed by atoms with Crippen LogP contribution < -0.4 is 9.62 Å². The number of anilines is 2. The maximum atomic E-state index is 12.9. The van der Waals surface area contributed by atoms with Gasteiger partial charge in [0.05, 0.1) is 17.6 Å². The number of carbonyl (C=O) groups excluding carboxylic acids is 2. The van der Waals surface area contributed by atoms with Crippen molar-refractivity contribution in [1.82, 2.24) is 0 Å². The number of hydrogen-bond donors (Lipinski definition) is 1. The Hall–Kier alpha value is -3.16. The second-order valence-corrected chi connectivity index (χ2v) is 10.1. The molecule has 0 atom stereocenters. The molecule has 0 aromatic heterocycles. The molecule has 0 aliphatic heterocycles. The van der Waals surface area contributed by atoms with Gasteiger partial charge in [0.15, 0.2) is 5.78 Å². The van der Waals surface area contributed by atoms with Crippen LogP contribution in [-0.2, 0) is 14.8 Å². The van der Waals surface area contributed by atoms with Crippen LogP contribution in [0.3, 0.4) is 0 Å². The van der Waals surface area contributed by atoms with Crippen LogP contribution >= 0.6 is 11.6 Å². The molecule has 0 aliphatic carbocycles. The number of nitrogens with one attached hydrogen (secondary N) is 1. The van der Waals surface area contributed by atoms with Gasteiger partial charge in [0, 0.05) is 29.1 Å². The quantitative estimate of drug-likeness (QED) is 0.430. The van der Waals surface area contributed by atoms with E-state index in [0.717, 1.165) is 11.8 Å². The van der Waals surface area contributed by atoms with Gasteiger partial charge in [-0.3, -0.25) is 13.9 Å². The molecule has 0 heterocycles. The highest BCUT2D eigenvalue weighted by atomic mass is 35.5. The number of benzene rings is 3. The number of nitrogens with zero attached hydrogens (tertiary/aromatic N) is 1. The molecule has 0 aliphatic rings. The van der Waals surface area contributed by atoms with Gasteiger partial charge in [0.1, 0.15) is 0 Å². The van der Waals surface area contributed by atoms with Crippen molar-refractivity contribution < 1.29 is 18.0 Å². The third-order valence-corrected chi connectivity index (χ3v) is 6.42. The highest BCUT2D eigenvalue weighted by Crippen LogP contribution is 2.24. The minimum atomic E-state index is -3.50. The zero-order valence-corrected chi connectivity index (χ0v) is 20.0. The molecule has 3 rings (SSSR count). The highest BCUT2D eigenvalue weighted by molar-refractivity contribution is 7.92. The molecule has 1 N–H and O–H groups in total. The lowest BCUT2D eigenvalue weighted by Crippen LogP contribution is -2.31. The van der Waals surface area contributed by atoms with Crippen molar-refractivity contribution in [1.29, 1.82) is 0 Å². The third kappa shape index (κ3) is 6.66. The number of amides is 1. The first-order valence-corrected chi connectivity index (χ1v) is 12.6. The van der Waals surface area contributed by atoms with Crippen LogP contribution in [0.25, 0.3) is 0 Å². The van der Waals surface area contributed by atoms with Crippen molar-refractivity contribution in [2.45, 2.75) is 19.8 Å². The SMILES string of the molecule is Cc1cccc(N(CCCC(=O)Nc2ccc(Cl)cc2C(=O)c2ccccc2)S(C)(=O)=O)c1. The first-order valence-electron chi connectivity index (χ1n) is 10.4. The van der Waals surface area contributed by atoms with Crippen molar-refractivity contribution in [3.8, 4) is 0 Å². The van der Waals surface area contributed by atoms with Gasteiger partial charge in [0.25, 0.3) is 0 Å². The molecule has 0 bridgehead atoms. The minimum Gasteiger partial charge on any atom is -0.325 e. The van der Waals surface area contributed by atoms with Crippen LogP contribution in [0, 0.1) is 6.92 Å². The van der Waals surface area contributed by atoms with Crippen LogP contribution in [0.5, 0.6) is 0 Å². The maximum absolute atomic E-state index is 12.9. The number of hydrogen-bond acceptors (Lipinski definition) is 4. The fraction of sp³-hybridized carbons (Fsp3) is 0.200. The molecular weight excluding hydrogens is 460 g/mol. The Morgan fingerprint density at radius 3 is 2.36 bits per heavy atom. The molecule has 172 valence electrons. The van der Waals surface area contributed by atoms with E-state index in [1.54, 1.807) is 54.6 Å². The minimum absolute atomic E-state index is 0.0828. The Bertz CT molecular complexity index is 1260. The summed E-state index contributed by atoms with van der Waals surface area (Å²) in [6, 6.07) is 20.6. The molecule has 1 amide bonds. The lowest BCUT2D eigenvalue weighted by molar-refractivity contribution is -0.116. The van der Waals surface area contributed by atoms with Crippen LogP contribution in [0.1, 0.15) is 34.3 Å². The van der Waals surface area contributed by atoms with Gasteiger partial charge in [-0.25, -0.2) is 8.42 Å². The van der Waals surface area contributed by atoms with Crippen molar-refractivity contribution in [2.75, 3.05) is 22.4 Å². The molecule has 0 unspecified atom stereocenters. The molecular formula is C25H25ClN2O4S. The maximum Gasteiger partial charge on any atom is 0.232 e. The summed E-state index contributed by atoms with van der Waals surface area (Å²) in [6.07, 6.45) is 1.53. The largest absolute Gasteiger partial charge is 0.325 e. The average Bonchev–Trinajstić information content (AvgIpc) is 2.77. The van der Waals surface area contributed by atoms with E-state index in [-0.39, 0.29) is 24.7 Å². The number of sulfonamides is 1. The average molecular weight is 485 g/mol. The molecule has 3 aromatic carbocycles. The first kappa shape index (κ1) is 24.5. The van der Waals surface area contributed by atoms with Crippen molar-refractivity contribution in [2.24, 2.45) is 0 Å². The Labute approximate surface area is 199 Å². The summed E-state index contributed by atoms with van der Waals surface area (Å²) in [5.41, 5.74) is 2.64. The fourth-order valence-electron chi connectivity index (χ4n) is 3.42. The third-order valence-electron chi connectivity index (χ3n) is 4.99. The topological polar surface area (TPSA) is 83.6 Å². The number of ketones is 1. The first-order chi connectivity index (χ1) is 15.6. The molecule has 0 radical (unpaired) electrons. The van der Waals surface area contributed by atoms with Crippen LogP contribution in [0.4, 0.5) is 11.4 Å². The summed E-state index contributed by atoms with van der Waals surface area (Å²) in [4.78, 5) is 25.5. The smallest absolute Gasteiger partial charge is 0.232 e. The summed E-state index contributed by atoms with van der Waals surface area (Å²) >= 11 is 6.09. The highest BCUT2D eigenvalue weighted by Gasteiger charge is 2.19. The molecule has 0 saturated carbocycles. The summed E-state index contributed by atoms with van der Waals surface area (Å²) in [5.74, 6) is -0.576. The second-order valence-electron chi connectivity index (χ2n) is 7.71. The van der Waals surface area contributed by atoms with E-state index in [0.29, 0.717) is 33.9 Å². The van der Waals surface area contributed by atoms with Gasteiger partial charge in [-0.1, -0.05) is 54.1 Å². The van der Waals surface area contributed by atoms with E-state index < -0.39 is 10.0 Å². The molecule has 3 aromatic rings. The zero-order chi connectivity index (χ0) is 24.0. The van der Waals surface area contributed by atoms with Crippen molar-refractivity contribution in [3.05, 3.63) is 94.5 Å². The van der Waals surface area contributed by atoms with Gasteiger partial charge in [-0.05, 0) is 49.2 Å². The Balaban J connectivity index is 1.69. The molecule has 0 spiro atoms. The van der Waals surface area contributed by atoms with E-state index in [4.69, 9.17) is 11.6 Å². The van der Waals surface area contributed by atoms with Crippen LogP contribution in [0.15, 0.2) is 72.8 Å². The lowest BCUT2D eigenvalue weighted by atomic mass is 10.0. The molecule has 0 saturated heterocycles. The summed E-state index contributed by atoms with van der Waals surface area (Å²) in [6.45, 7) is 2.05. The number of rotatable bonds is 9. The zero-order valence-electron chi connectivity index (χ0n) is 18.4. The molecule has 33 heavy (non-hydrogen) atoms. The standard InChI is InChI=1S/C25H25ClN2O4S/c1-18-8-6-11-21(16-18)28(33(2,31)32)15-7-12-24(29)27-23-14-13-20(26)17-22(23)25(30)19-9-4-3-5-10-19/h3-6,8-11,13-14,16-17H,7,12,15H2,1-2H3,(H,27,29). The Morgan fingerprint density at radius 1 is 0.970 bits per heavy atom. The summed E-state index contributed by atoms with van der Waals surface area (Å²) in [7, 11) is -3.50. The monoisotopic (exact) mass is 484 g/mol. The molecule has 8 heteroatoms. The fourth-order valence-corrected chi connectivity index (χ4v) is 4.55. The number of carbonyl (C=O) groups is 2. The lowest BCUT2D eigenvalue weighted by Gasteiger charge is -2.22. The van der Waals surface area contributed by atoms with Gasteiger partial charge in [-0.15, -0.1) is 0 Å². The van der Waals surface area contributed by atoms with Gasteiger partial charge >= 0.3 is 0 Å². The second kappa shape index (κ2) is 10.6. The predicted molar refractivity (Wildman–Crippen MR) is 133 cm³/mol. The molecule has 0 fully saturated rings. The Kier molecular flexibility index (Phi) is 7.89. The number of aryl methyl sites for hydroxylation is 1. The molecule has 6 nitrogen and oxygen atoms in total. The predicted octanol–water partition coefficient (Wildman–Crippen LogP) is 5.06. The van der Waals surface area contributed by atoms with E-state index in [1.165, 1.54) is 10.4 Å². The summed E-state index contributed by atoms with van der Waals surface area (Å²) < 4.78 is 25.8. The van der Waals surface area contributed by atoms with Crippen molar-refractivity contribution in [3.63, 3.8) is 0 Å². The van der Waals surface area contributed by atoms with E-state index in [2.05, 4.69) is 5.32 Å². The van der Waals surface area contributed by atoms with Gasteiger partial charge < -0.3 is 5.32 Å².